The van der Waals surface area contributed by atoms with Crippen LogP contribution in [0.4, 0.5) is 0 Å². The van der Waals surface area contributed by atoms with Crippen molar-refractivity contribution in [2.45, 2.75) is 51.1 Å². The van der Waals surface area contributed by atoms with Crippen LogP contribution < -0.4 is 10.1 Å². The maximum absolute atomic E-state index is 5.33. The average molecular weight is 391 g/mol. The van der Waals surface area contributed by atoms with Gasteiger partial charge >= 0.3 is 0 Å². The van der Waals surface area contributed by atoms with Crippen LogP contribution in [0.2, 0.25) is 0 Å². The SMILES string of the molecule is COc1c(Br)cc(CNC2(C)CCCCC2)cc1Br. The quantitative estimate of drug-likeness (QED) is 0.778. The third-order valence-electron chi connectivity index (χ3n) is 3.94. The highest BCUT2D eigenvalue weighted by Gasteiger charge is 2.25. The Morgan fingerprint density at radius 1 is 1.16 bits per heavy atom. The molecule has 1 fully saturated rings. The summed E-state index contributed by atoms with van der Waals surface area (Å²) in [6, 6.07) is 4.26. The second-order valence-corrected chi connectivity index (χ2v) is 7.28. The van der Waals surface area contributed by atoms with E-state index in [0.29, 0.717) is 5.54 Å². The van der Waals surface area contributed by atoms with Gasteiger partial charge in [0.1, 0.15) is 5.75 Å². The predicted octanol–water partition coefficient (Wildman–Crippen LogP) is 5.03. The number of methoxy groups -OCH3 is 1. The van der Waals surface area contributed by atoms with Crippen molar-refractivity contribution in [3.8, 4) is 5.75 Å². The fourth-order valence-corrected chi connectivity index (χ4v) is 4.34. The average Bonchev–Trinajstić information content (AvgIpc) is 2.37. The van der Waals surface area contributed by atoms with Crippen molar-refractivity contribution in [3.63, 3.8) is 0 Å². The van der Waals surface area contributed by atoms with Crippen molar-refractivity contribution in [1.82, 2.24) is 5.32 Å². The minimum absolute atomic E-state index is 0.303. The van der Waals surface area contributed by atoms with Crippen molar-refractivity contribution in [2.24, 2.45) is 0 Å². The molecule has 19 heavy (non-hydrogen) atoms. The Morgan fingerprint density at radius 3 is 2.26 bits per heavy atom. The van der Waals surface area contributed by atoms with Crippen molar-refractivity contribution < 1.29 is 4.74 Å². The van der Waals surface area contributed by atoms with E-state index in [1.54, 1.807) is 7.11 Å². The maximum atomic E-state index is 5.33. The molecule has 0 heterocycles. The van der Waals surface area contributed by atoms with Crippen LogP contribution in [0.25, 0.3) is 0 Å². The smallest absolute Gasteiger partial charge is 0.147 e. The van der Waals surface area contributed by atoms with E-state index in [1.807, 2.05) is 0 Å². The van der Waals surface area contributed by atoms with Crippen molar-refractivity contribution >= 4 is 31.9 Å². The molecule has 4 heteroatoms. The van der Waals surface area contributed by atoms with E-state index in [4.69, 9.17) is 4.74 Å². The fraction of sp³-hybridized carbons (Fsp3) is 0.600. The largest absolute Gasteiger partial charge is 0.494 e. The molecule has 106 valence electrons. The summed E-state index contributed by atoms with van der Waals surface area (Å²) < 4.78 is 7.32. The minimum atomic E-state index is 0.303. The van der Waals surface area contributed by atoms with Gasteiger partial charge in [0.15, 0.2) is 0 Å². The molecule has 2 rings (SSSR count). The molecule has 0 bridgehead atoms. The van der Waals surface area contributed by atoms with E-state index in [2.05, 4.69) is 56.2 Å². The van der Waals surface area contributed by atoms with Crippen LogP contribution in [0, 0.1) is 0 Å². The maximum Gasteiger partial charge on any atom is 0.147 e. The number of rotatable bonds is 4. The first-order valence-corrected chi connectivity index (χ1v) is 8.40. The van der Waals surface area contributed by atoms with Crippen LogP contribution in [-0.2, 0) is 6.54 Å². The number of halogens is 2. The van der Waals surface area contributed by atoms with E-state index in [1.165, 1.54) is 37.7 Å². The highest BCUT2D eigenvalue weighted by Crippen LogP contribution is 2.35. The van der Waals surface area contributed by atoms with Gasteiger partial charge in [-0.25, -0.2) is 0 Å². The van der Waals surface area contributed by atoms with Crippen LogP contribution in [0.3, 0.4) is 0 Å². The molecule has 1 N–H and O–H groups in total. The van der Waals surface area contributed by atoms with E-state index in [0.717, 1.165) is 21.2 Å². The highest BCUT2D eigenvalue weighted by atomic mass is 79.9. The monoisotopic (exact) mass is 389 g/mol. The first kappa shape index (κ1) is 15.3. The lowest BCUT2D eigenvalue weighted by Crippen LogP contribution is -2.43. The predicted molar refractivity (Wildman–Crippen MR) is 86.7 cm³/mol. The normalized spacial score (nSPS) is 18.3. The Hall–Kier alpha value is -0.0600. The number of ether oxygens (including phenoxy) is 1. The molecule has 0 aromatic heterocycles. The van der Waals surface area contributed by atoms with E-state index >= 15 is 0 Å². The third-order valence-corrected chi connectivity index (χ3v) is 5.12. The van der Waals surface area contributed by atoms with Gasteiger partial charge in [-0.15, -0.1) is 0 Å². The first-order valence-electron chi connectivity index (χ1n) is 6.81. The van der Waals surface area contributed by atoms with Gasteiger partial charge in [0, 0.05) is 12.1 Å². The zero-order valence-electron chi connectivity index (χ0n) is 11.6. The number of hydrogen-bond acceptors (Lipinski definition) is 2. The lowest BCUT2D eigenvalue weighted by Gasteiger charge is -2.35. The van der Waals surface area contributed by atoms with Gasteiger partial charge in [-0.1, -0.05) is 19.3 Å². The summed E-state index contributed by atoms with van der Waals surface area (Å²) >= 11 is 7.11. The Kier molecular flexibility index (Phi) is 5.32. The molecule has 0 spiro atoms. The van der Waals surface area contributed by atoms with Crippen LogP contribution in [0.5, 0.6) is 5.75 Å². The molecule has 1 saturated carbocycles. The van der Waals surface area contributed by atoms with Crippen molar-refractivity contribution in [3.05, 3.63) is 26.6 Å². The van der Waals surface area contributed by atoms with Crippen LogP contribution in [-0.4, -0.2) is 12.6 Å². The first-order chi connectivity index (χ1) is 9.04. The van der Waals surface area contributed by atoms with Crippen LogP contribution >= 0.6 is 31.9 Å². The molecule has 0 unspecified atom stereocenters. The summed E-state index contributed by atoms with van der Waals surface area (Å²) in [6.07, 6.45) is 6.65. The molecular formula is C15H21Br2NO. The van der Waals surface area contributed by atoms with Gasteiger partial charge in [0.2, 0.25) is 0 Å². The third kappa shape index (κ3) is 3.96. The summed E-state index contributed by atoms with van der Waals surface area (Å²) in [7, 11) is 1.69. The summed E-state index contributed by atoms with van der Waals surface area (Å²) in [5.41, 5.74) is 1.57. The Bertz CT molecular complexity index is 419. The van der Waals surface area contributed by atoms with Gasteiger partial charge in [-0.05, 0) is 69.3 Å². The molecule has 1 aliphatic carbocycles. The van der Waals surface area contributed by atoms with Gasteiger partial charge in [0.05, 0.1) is 16.1 Å². The Labute approximate surface area is 132 Å². The zero-order chi connectivity index (χ0) is 13.9. The summed E-state index contributed by atoms with van der Waals surface area (Å²) in [6.45, 7) is 3.25. The van der Waals surface area contributed by atoms with E-state index in [-0.39, 0.29) is 0 Å². The topological polar surface area (TPSA) is 21.3 Å². The summed E-state index contributed by atoms with van der Waals surface area (Å²) in [5.74, 6) is 0.854. The molecule has 0 atom stereocenters. The number of benzene rings is 1. The lowest BCUT2D eigenvalue weighted by molar-refractivity contribution is 0.252. The molecule has 0 radical (unpaired) electrons. The molecule has 0 aliphatic heterocycles. The van der Waals surface area contributed by atoms with Crippen LogP contribution in [0.15, 0.2) is 21.1 Å². The Morgan fingerprint density at radius 2 is 1.74 bits per heavy atom. The molecule has 2 nitrogen and oxygen atoms in total. The van der Waals surface area contributed by atoms with E-state index in [9.17, 15) is 0 Å². The fourth-order valence-electron chi connectivity index (χ4n) is 2.73. The molecule has 0 amide bonds. The van der Waals surface area contributed by atoms with Crippen molar-refractivity contribution in [1.29, 1.82) is 0 Å². The highest BCUT2D eigenvalue weighted by molar-refractivity contribution is 9.11. The summed E-state index contributed by atoms with van der Waals surface area (Å²) in [5, 5.41) is 3.72. The molecule has 1 aromatic carbocycles. The second-order valence-electron chi connectivity index (χ2n) is 5.57. The second kappa shape index (κ2) is 6.59. The zero-order valence-corrected chi connectivity index (χ0v) is 14.7. The number of hydrogen-bond donors (Lipinski definition) is 1. The van der Waals surface area contributed by atoms with Crippen molar-refractivity contribution in [2.75, 3.05) is 7.11 Å². The van der Waals surface area contributed by atoms with E-state index < -0.39 is 0 Å². The molecule has 1 aromatic rings. The standard InChI is InChI=1S/C15H21Br2NO/c1-15(6-4-3-5-7-15)18-10-11-8-12(16)14(19-2)13(17)9-11/h8-9,18H,3-7,10H2,1-2H3. The summed E-state index contributed by atoms with van der Waals surface area (Å²) in [4.78, 5) is 0. The molecule has 0 saturated heterocycles. The molecule has 1 aliphatic rings. The van der Waals surface area contributed by atoms with Gasteiger partial charge in [0.25, 0.3) is 0 Å². The molecular weight excluding hydrogens is 370 g/mol. The van der Waals surface area contributed by atoms with Crippen LogP contribution in [0.1, 0.15) is 44.6 Å². The van der Waals surface area contributed by atoms with Gasteiger partial charge < -0.3 is 10.1 Å². The lowest BCUT2D eigenvalue weighted by atomic mass is 9.83. The van der Waals surface area contributed by atoms with Gasteiger partial charge in [-0.3, -0.25) is 0 Å². The van der Waals surface area contributed by atoms with Gasteiger partial charge in [-0.2, -0.15) is 0 Å². The Balaban J connectivity index is 2.03. The number of nitrogens with one attached hydrogen (secondary N) is 1. The minimum Gasteiger partial charge on any atom is -0.494 e.